The predicted molar refractivity (Wildman–Crippen MR) is 31.1 cm³/mol. The Bertz CT molecular complexity index is 134. The van der Waals surface area contributed by atoms with E-state index in [1.54, 1.807) is 0 Å². The Kier molecular flexibility index (Phi) is 0.905. The minimum Gasteiger partial charge on any atom is -0.366 e. The Hall–Kier alpha value is -0.305. The lowest BCUT2D eigenvalue weighted by Gasteiger charge is -1.92. The number of nitrogens with zero attached hydrogens (tertiary/aromatic N) is 1. The van der Waals surface area contributed by atoms with Gasteiger partial charge in [0.1, 0.15) is 6.21 Å². The molecule has 41 valence electrons. The summed E-state index contributed by atoms with van der Waals surface area (Å²) in [5, 5.41) is 0. The van der Waals surface area contributed by atoms with Crippen molar-refractivity contribution in [1.82, 2.24) is 0 Å². The van der Waals surface area contributed by atoms with E-state index in [2.05, 4.69) is 10.7 Å². The molecule has 0 aromatic carbocycles. The molecular formula is C5H8BNO+. The molecule has 0 amide bonds. The van der Waals surface area contributed by atoms with E-state index < -0.39 is 0 Å². The summed E-state index contributed by atoms with van der Waals surface area (Å²) in [4.78, 5) is 0. The van der Waals surface area contributed by atoms with Crippen LogP contribution in [0.5, 0.6) is 0 Å². The highest BCUT2D eigenvalue weighted by Crippen LogP contribution is 2.12. The van der Waals surface area contributed by atoms with Crippen LogP contribution < -0.4 is 0 Å². The molecule has 0 aliphatic carbocycles. The highest BCUT2D eigenvalue weighted by molar-refractivity contribution is 6.18. The monoisotopic (exact) mass is 109 g/mol. The van der Waals surface area contributed by atoms with Crippen LogP contribution in [0.1, 0.15) is 12.8 Å². The fourth-order valence-corrected chi connectivity index (χ4v) is 1.25. The Balaban J connectivity index is 2.20. The van der Waals surface area contributed by atoms with Crippen LogP contribution >= 0.6 is 0 Å². The third-order valence-corrected chi connectivity index (χ3v) is 1.75. The fraction of sp³-hybridized carbons (Fsp3) is 0.800. The molecule has 2 heterocycles. The minimum absolute atomic E-state index is 0.676. The van der Waals surface area contributed by atoms with Crippen LogP contribution in [0, 0.1) is 0 Å². The topological polar surface area (TPSA) is 12.2 Å². The largest absolute Gasteiger partial charge is 0.741 e. The smallest absolute Gasteiger partial charge is 0.366 e. The second kappa shape index (κ2) is 1.59. The van der Waals surface area contributed by atoms with Gasteiger partial charge in [0.05, 0.1) is 6.61 Å². The molecule has 1 radical (unpaired) electrons. The van der Waals surface area contributed by atoms with E-state index in [9.17, 15) is 0 Å². The van der Waals surface area contributed by atoms with Crippen LogP contribution in [0.3, 0.4) is 0 Å². The van der Waals surface area contributed by atoms with Crippen LogP contribution in [0.15, 0.2) is 0 Å². The van der Waals surface area contributed by atoms with E-state index >= 15 is 0 Å². The van der Waals surface area contributed by atoms with Crippen molar-refractivity contribution in [3.63, 3.8) is 0 Å². The average molecular weight is 109 g/mol. The molecule has 0 bridgehead atoms. The average Bonchev–Trinajstić information content (AvgIpc) is 2.15. The molecule has 1 atom stereocenters. The van der Waals surface area contributed by atoms with Crippen molar-refractivity contribution in [2.45, 2.75) is 18.9 Å². The molecule has 0 saturated carbocycles. The first-order valence-electron chi connectivity index (χ1n) is 3.02. The third-order valence-electron chi connectivity index (χ3n) is 1.75. The molecule has 1 unspecified atom stereocenters. The quantitative estimate of drug-likeness (QED) is 0.392. The van der Waals surface area contributed by atoms with E-state index in [1.165, 1.54) is 12.8 Å². The molecule has 3 heteroatoms. The van der Waals surface area contributed by atoms with Crippen molar-refractivity contribution in [3.8, 4) is 0 Å². The summed E-state index contributed by atoms with van der Waals surface area (Å²) in [6.07, 6.45) is 4.69. The Morgan fingerprint density at radius 1 is 1.75 bits per heavy atom. The zero-order valence-electron chi connectivity index (χ0n) is 4.71. The SMILES string of the molecule is [B]1OCC2CCC=[N+]12. The summed E-state index contributed by atoms with van der Waals surface area (Å²) in [6, 6.07) is 0.676. The standard InChI is InChI=1S/C5H8BNO/c1-2-5-4-8-6-7(5)3-1/h3,5H,1-2,4H2/q+1. The van der Waals surface area contributed by atoms with Gasteiger partial charge >= 0.3 is 7.62 Å². The fourth-order valence-electron chi connectivity index (χ4n) is 1.25. The van der Waals surface area contributed by atoms with Gasteiger partial charge in [-0.3, -0.25) is 4.49 Å². The van der Waals surface area contributed by atoms with E-state index in [0.717, 1.165) is 6.61 Å². The summed E-state index contributed by atoms with van der Waals surface area (Å²) in [6.45, 7) is 0.899. The van der Waals surface area contributed by atoms with Crippen LogP contribution in [0.25, 0.3) is 0 Å². The summed E-state index contributed by atoms with van der Waals surface area (Å²) in [7, 11) is 1.82. The lowest BCUT2D eigenvalue weighted by Crippen LogP contribution is -2.16. The molecule has 1 fully saturated rings. The van der Waals surface area contributed by atoms with Gasteiger partial charge in [-0.15, -0.1) is 0 Å². The molecule has 0 aromatic heterocycles. The molecule has 8 heavy (non-hydrogen) atoms. The maximum absolute atomic E-state index is 5.08. The van der Waals surface area contributed by atoms with E-state index in [4.69, 9.17) is 4.65 Å². The highest BCUT2D eigenvalue weighted by atomic mass is 16.4. The zero-order chi connectivity index (χ0) is 5.40. The first kappa shape index (κ1) is 4.56. The highest BCUT2D eigenvalue weighted by Gasteiger charge is 2.35. The van der Waals surface area contributed by atoms with Crippen molar-refractivity contribution in [2.75, 3.05) is 6.61 Å². The second-order valence-electron chi connectivity index (χ2n) is 2.30. The number of hydrogen-bond donors (Lipinski definition) is 0. The van der Waals surface area contributed by atoms with Gasteiger partial charge in [0, 0.05) is 12.8 Å². The van der Waals surface area contributed by atoms with Crippen molar-refractivity contribution < 1.29 is 9.14 Å². The van der Waals surface area contributed by atoms with Gasteiger partial charge in [-0.25, -0.2) is 0 Å². The molecule has 1 saturated heterocycles. The first-order valence-corrected chi connectivity index (χ1v) is 3.02. The number of hydrogen-bond acceptors (Lipinski definition) is 1. The second-order valence-corrected chi connectivity index (χ2v) is 2.30. The normalized spacial score (nSPS) is 34.0. The maximum atomic E-state index is 5.08. The Labute approximate surface area is 49.5 Å². The van der Waals surface area contributed by atoms with E-state index in [-0.39, 0.29) is 0 Å². The third kappa shape index (κ3) is 0.510. The van der Waals surface area contributed by atoms with Gasteiger partial charge in [-0.05, 0) is 0 Å². The number of rotatable bonds is 0. The molecule has 2 aliphatic rings. The Morgan fingerprint density at radius 2 is 2.75 bits per heavy atom. The van der Waals surface area contributed by atoms with Gasteiger partial charge in [0.25, 0.3) is 0 Å². The van der Waals surface area contributed by atoms with E-state index in [1.807, 2.05) is 7.62 Å². The molecule has 2 nitrogen and oxygen atoms in total. The van der Waals surface area contributed by atoms with Crippen molar-refractivity contribution >= 4 is 13.8 Å². The predicted octanol–water partition coefficient (Wildman–Crippen LogP) is -0.204. The van der Waals surface area contributed by atoms with Crippen LogP contribution in [-0.2, 0) is 4.65 Å². The van der Waals surface area contributed by atoms with Crippen LogP contribution in [0.2, 0.25) is 0 Å². The lowest BCUT2D eigenvalue weighted by atomic mass is 10.2. The molecule has 0 N–H and O–H groups in total. The summed E-state index contributed by atoms with van der Waals surface area (Å²) < 4.78 is 7.25. The van der Waals surface area contributed by atoms with Crippen molar-refractivity contribution in [2.24, 2.45) is 0 Å². The van der Waals surface area contributed by atoms with Gasteiger partial charge in [0.15, 0.2) is 6.04 Å². The minimum atomic E-state index is 0.676. The van der Waals surface area contributed by atoms with Gasteiger partial charge in [-0.1, -0.05) is 0 Å². The summed E-state index contributed by atoms with van der Waals surface area (Å²) >= 11 is 0. The van der Waals surface area contributed by atoms with Gasteiger partial charge < -0.3 is 4.65 Å². The van der Waals surface area contributed by atoms with Crippen molar-refractivity contribution in [3.05, 3.63) is 0 Å². The molecule has 2 rings (SSSR count). The van der Waals surface area contributed by atoms with Gasteiger partial charge in [0.2, 0.25) is 0 Å². The van der Waals surface area contributed by atoms with Crippen LogP contribution in [0.4, 0.5) is 0 Å². The molecular weight excluding hydrogens is 101 g/mol. The first-order chi connectivity index (χ1) is 3.97. The summed E-state index contributed by atoms with van der Waals surface area (Å²) in [5.74, 6) is 0. The lowest BCUT2D eigenvalue weighted by molar-refractivity contribution is -0.400. The molecule has 2 aliphatic heterocycles. The Morgan fingerprint density at radius 3 is 3.62 bits per heavy atom. The van der Waals surface area contributed by atoms with Gasteiger partial charge in [-0.2, -0.15) is 0 Å². The molecule has 0 spiro atoms. The van der Waals surface area contributed by atoms with E-state index in [0.29, 0.717) is 6.04 Å². The zero-order valence-corrected chi connectivity index (χ0v) is 4.71. The molecule has 0 aromatic rings. The van der Waals surface area contributed by atoms with Crippen LogP contribution in [-0.4, -0.2) is 31.0 Å². The number of fused-ring (bicyclic) bond motifs is 1. The maximum Gasteiger partial charge on any atom is 0.741 e. The van der Waals surface area contributed by atoms with Crippen molar-refractivity contribution in [1.29, 1.82) is 0 Å². The summed E-state index contributed by atoms with van der Waals surface area (Å²) in [5.41, 5.74) is 0.